The van der Waals surface area contributed by atoms with Gasteiger partial charge in [-0.25, -0.2) is 0 Å². The summed E-state index contributed by atoms with van der Waals surface area (Å²) >= 11 is 7.07. The topological polar surface area (TPSA) is 54.3 Å². The molecule has 2 atom stereocenters. The van der Waals surface area contributed by atoms with Gasteiger partial charge in [0.05, 0.1) is 5.75 Å². The zero-order valence-electron chi connectivity index (χ0n) is 16.7. The molecule has 1 N–H and O–H groups in total. The predicted octanol–water partition coefficient (Wildman–Crippen LogP) is 3.54. The molecule has 5 nitrogen and oxygen atoms in total. The van der Waals surface area contributed by atoms with Crippen LogP contribution in [0.3, 0.4) is 0 Å². The number of hydrogen-bond acceptors (Lipinski definition) is 4. The van der Waals surface area contributed by atoms with Gasteiger partial charge in [0.25, 0.3) is 5.56 Å². The first-order chi connectivity index (χ1) is 13.9. The number of carbonyl (C=O) groups is 1. The number of hydrogen-bond donors (Lipinski definition) is 1. The van der Waals surface area contributed by atoms with Crippen molar-refractivity contribution in [2.24, 2.45) is 5.92 Å². The number of piperidine rings is 1. The fourth-order valence-electron chi connectivity index (χ4n) is 4.45. The lowest BCUT2D eigenvalue weighted by molar-refractivity contribution is -0.113. The maximum absolute atomic E-state index is 12.5. The van der Waals surface area contributed by atoms with Crippen LogP contribution in [0.2, 0.25) is 0 Å². The first-order valence-corrected chi connectivity index (χ1v) is 11.3. The number of pyridine rings is 1. The normalized spacial score (nSPS) is 20.1. The second kappa shape index (κ2) is 8.32. The number of amides is 1. The number of nitrogens with zero attached hydrogens (tertiary/aromatic N) is 2. The van der Waals surface area contributed by atoms with E-state index >= 15 is 0 Å². The Labute approximate surface area is 180 Å². The molecular weight excluding hydrogens is 402 g/mol. The molecule has 1 aromatic heterocycles. The highest BCUT2D eigenvalue weighted by molar-refractivity contribution is 8.23. The van der Waals surface area contributed by atoms with Gasteiger partial charge in [-0.1, -0.05) is 48.2 Å². The van der Waals surface area contributed by atoms with E-state index in [9.17, 15) is 9.59 Å². The van der Waals surface area contributed by atoms with Gasteiger partial charge in [0.15, 0.2) is 0 Å². The molecule has 4 rings (SSSR count). The van der Waals surface area contributed by atoms with Crippen LogP contribution in [0, 0.1) is 19.8 Å². The Hall–Kier alpha value is -2.12. The van der Waals surface area contributed by atoms with E-state index in [1.54, 1.807) is 6.07 Å². The summed E-state index contributed by atoms with van der Waals surface area (Å²) in [5.74, 6) is 1.000. The van der Waals surface area contributed by atoms with Crippen molar-refractivity contribution in [3.8, 4) is 0 Å². The molecule has 3 heterocycles. The third-order valence-corrected chi connectivity index (χ3v) is 7.33. The second-order valence-corrected chi connectivity index (χ2v) is 9.58. The average molecular weight is 428 g/mol. The van der Waals surface area contributed by atoms with Crippen LogP contribution >= 0.6 is 24.0 Å². The van der Waals surface area contributed by atoms with Crippen molar-refractivity contribution in [2.45, 2.75) is 32.7 Å². The Balaban J connectivity index is 1.36. The zero-order valence-corrected chi connectivity index (χ0v) is 18.3. The van der Waals surface area contributed by atoms with Gasteiger partial charge in [-0.05, 0) is 43.4 Å². The monoisotopic (exact) mass is 427 g/mol. The Morgan fingerprint density at radius 1 is 1.14 bits per heavy atom. The maximum atomic E-state index is 12.5. The van der Waals surface area contributed by atoms with Gasteiger partial charge in [-0.2, -0.15) is 0 Å². The van der Waals surface area contributed by atoms with E-state index in [1.807, 2.05) is 42.7 Å². The number of aromatic nitrogens is 1. The summed E-state index contributed by atoms with van der Waals surface area (Å²) in [6.07, 6.45) is 1.10. The van der Waals surface area contributed by atoms with Crippen molar-refractivity contribution >= 4 is 39.9 Å². The number of aryl methyl sites for hydroxylation is 2. The Morgan fingerprint density at radius 3 is 2.62 bits per heavy atom. The molecule has 29 heavy (non-hydrogen) atoms. The van der Waals surface area contributed by atoms with Crippen molar-refractivity contribution in [3.05, 3.63) is 63.6 Å². The summed E-state index contributed by atoms with van der Waals surface area (Å²) < 4.78 is 2.69. The molecule has 1 saturated heterocycles. The van der Waals surface area contributed by atoms with Crippen LogP contribution < -0.4 is 10.9 Å². The lowest BCUT2D eigenvalue weighted by Gasteiger charge is -2.43. The minimum absolute atomic E-state index is 0.0381. The Morgan fingerprint density at radius 2 is 1.86 bits per heavy atom. The van der Waals surface area contributed by atoms with Gasteiger partial charge < -0.3 is 14.8 Å². The molecule has 1 fully saturated rings. The Kier molecular flexibility index (Phi) is 5.79. The highest BCUT2D eigenvalue weighted by Crippen LogP contribution is 2.36. The van der Waals surface area contributed by atoms with Gasteiger partial charge >= 0.3 is 0 Å². The van der Waals surface area contributed by atoms with Crippen molar-refractivity contribution in [3.63, 3.8) is 0 Å². The summed E-state index contributed by atoms with van der Waals surface area (Å²) in [7, 11) is 0. The van der Waals surface area contributed by atoms with E-state index in [2.05, 4.69) is 16.3 Å². The first kappa shape index (κ1) is 20.2. The van der Waals surface area contributed by atoms with Crippen molar-refractivity contribution in [1.82, 2.24) is 9.47 Å². The van der Waals surface area contributed by atoms with E-state index < -0.39 is 0 Å². The highest BCUT2D eigenvalue weighted by Gasteiger charge is 2.35. The number of benzene rings is 1. The number of rotatable bonds is 3. The van der Waals surface area contributed by atoms with E-state index in [1.165, 1.54) is 11.8 Å². The third-order valence-electron chi connectivity index (χ3n) is 5.81. The smallest absolute Gasteiger partial charge is 0.250 e. The largest absolute Gasteiger partial charge is 0.356 e. The predicted molar refractivity (Wildman–Crippen MR) is 123 cm³/mol. The van der Waals surface area contributed by atoms with Gasteiger partial charge in [-0.15, -0.1) is 0 Å². The number of thioether (sulfide) groups is 1. The summed E-state index contributed by atoms with van der Waals surface area (Å²) in [5.41, 5.74) is 4.20. The summed E-state index contributed by atoms with van der Waals surface area (Å²) in [5, 5.41) is 3.02. The van der Waals surface area contributed by atoms with Crippen LogP contribution in [0.15, 0.2) is 41.2 Å². The molecule has 2 aliphatic rings. The molecule has 0 radical (unpaired) electrons. The average Bonchev–Trinajstić information content (AvgIpc) is 2.70. The lowest BCUT2D eigenvalue weighted by Crippen LogP contribution is -2.48. The van der Waals surface area contributed by atoms with E-state index in [4.69, 9.17) is 12.2 Å². The number of thiocarbonyl (C=S) groups is 1. The van der Waals surface area contributed by atoms with Crippen LogP contribution in [0.5, 0.6) is 0 Å². The zero-order chi connectivity index (χ0) is 20.5. The van der Waals surface area contributed by atoms with Gasteiger partial charge in [0.2, 0.25) is 5.91 Å². The highest BCUT2D eigenvalue weighted by atomic mass is 32.2. The maximum Gasteiger partial charge on any atom is 0.250 e. The standard InChI is InChI=1S/C22H25N3O2S2/c1-14-5-3-6-15(2)21(14)23-19(26)13-29-22(28)24-10-16-9-17(12-24)18-7-4-8-20(27)25(18)11-16/h3-8,16-17H,9-13H2,1-2H3,(H,23,26)/t16-,17+/m0/s1. The number of anilines is 1. The summed E-state index contributed by atoms with van der Waals surface area (Å²) in [4.78, 5) is 26.8. The number of carbonyl (C=O) groups excluding carboxylic acids is 1. The van der Waals surface area contributed by atoms with E-state index in [0.717, 1.165) is 52.9 Å². The Bertz CT molecular complexity index is 997. The lowest BCUT2D eigenvalue weighted by atomic mass is 9.83. The van der Waals surface area contributed by atoms with E-state index in [0.29, 0.717) is 17.6 Å². The van der Waals surface area contributed by atoms with Crippen LogP contribution in [0.25, 0.3) is 0 Å². The quantitative estimate of drug-likeness (QED) is 0.760. The third kappa shape index (κ3) is 4.26. The fraction of sp³-hybridized carbons (Fsp3) is 0.409. The van der Waals surface area contributed by atoms with Crippen LogP contribution in [-0.4, -0.2) is 38.5 Å². The van der Waals surface area contributed by atoms with Crippen LogP contribution in [0.1, 0.15) is 29.2 Å². The van der Waals surface area contributed by atoms with E-state index in [-0.39, 0.29) is 11.5 Å². The molecule has 2 aromatic rings. The molecule has 7 heteroatoms. The van der Waals surface area contributed by atoms with Gasteiger partial charge in [0, 0.05) is 43.0 Å². The molecular formula is C22H25N3O2S2. The van der Waals surface area contributed by atoms with Crippen LogP contribution in [-0.2, 0) is 11.3 Å². The molecule has 2 aliphatic heterocycles. The molecule has 0 saturated carbocycles. The summed E-state index contributed by atoms with van der Waals surface area (Å²) in [6, 6.07) is 11.5. The summed E-state index contributed by atoms with van der Waals surface area (Å²) in [6.45, 7) is 6.40. The molecule has 1 amide bonds. The molecule has 1 aromatic carbocycles. The van der Waals surface area contributed by atoms with Gasteiger partial charge in [0.1, 0.15) is 4.32 Å². The molecule has 0 spiro atoms. The van der Waals surface area contributed by atoms with Crippen molar-refractivity contribution in [1.29, 1.82) is 0 Å². The number of fused-ring (bicyclic) bond motifs is 4. The second-order valence-electron chi connectivity index (χ2n) is 7.97. The number of nitrogens with one attached hydrogen (secondary N) is 1. The fourth-order valence-corrected chi connectivity index (χ4v) is 5.44. The van der Waals surface area contributed by atoms with Crippen molar-refractivity contribution < 1.29 is 4.79 Å². The molecule has 2 bridgehead atoms. The number of likely N-dealkylation sites (tertiary alicyclic amines) is 1. The van der Waals surface area contributed by atoms with Crippen molar-refractivity contribution in [2.75, 3.05) is 24.2 Å². The minimum atomic E-state index is -0.0381. The number of para-hydroxylation sites is 1. The minimum Gasteiger partial charge on any atom is -0.356 e. The molecule has 152 valence electrons. The van der Waals surface area contributed by atoms with Gasteiger partial charge in [-0.3, -0.25) is 9.59 Å². The SMILES string of the molecule is Cc1cccc(C)c1NC(=O)CSC(=S)N1C[C@@H]2C[C@H](C1)c1cccc(=O)n1C2. The van der Waals surface area contributed by atoms with Crippen LogP contribution in [0.4, 0.5) is 5.69 Å². The molecule has 0 unspecified atom stereocenters. The molecule has 0 aliphatic carbocycles. The first-order valence-electron chi connectivity index (χ1n) is 9.90.